The van der Waals surface area contributed by atoms with Gasteiger partial charge in [0.2, 0.25) is 0 Å². The maximum atomic E-state index is 12.5. The van der Waals surface area contributed by atoms with Crippen LogP contribution in [0.4, 0.5) is 5.69 Å². The van der Waals surface area contributed by atoms with Crippen LogP contribution in [0.5, 0.6) is 0 Å². The molecule has 0 aliphatic carbocycles. The summed E-state index contributed by atoms with van der Waals surface area (Å²) in [6.45, 7) is 2.14. The lowest BCUT2D eigenvalue weighted by atomic mass is 10.0. The first-order valence-electron chi connectivity index (χ1n) is 7.24. The molecule has 0 unspecified atom stereocenters. The number of esters is 1. The molecule has 0 fully saturated rings. The van der Waals surface area contributed by atoms with E-state index in [9.17, 15) is 4.79 Å². The predicted octanol–water partition coefficient (Wildman–Crippen LogP) is 3.60. The SMILES string of the molecule is CCOC(=O)c1c(-c2ccccc2)n(C)c2ccc(N)cc12. The number of nitrogens with zero attached hydrogens (tertiary/aromatic N) is 1. The normalized spacial score (nSPS) is 10.8. The van der Waals surface area contributed by atoms with Crippen LogP contribution < -0.4 is 5.73 Å². The lowest BCUT2D eigenvalue weighted by molar-refractivity contribution is 0.0529. The molecule has 0 radical (unpaired) electrons. The van der Waals surface area contributed by atoms with E-state index in [0.29, 0.717) is 17.9 Å². The van der Waals surface area contributed by atoms with E-state index in [2.05, 4.69) is 0 Å². The van der Waals surface area contributed by atoms with E-state index in [1.807, 2.05) is 60.1 Å². The van der Waals surface area contributed by atoms with Crippen molar-refractivity contribution in [2.45, 2.75) is 6.92 Å². The average molecular weight is 294 g/mol. The van der Waals surface area contributed by atoms with Crippen LogP contribution in [0.2, 0.25) is 0 Å². The first kappa shape index (κ1) is 14.2. The third kappa shape index (κ3) is 2.22. The molecule has 0 saturated carbocycles. The van der Waals surface area contributed by atoms with Crippen LogP contribution in [-0.2, 0) is 11.8 Å². The molecular weight excluding hydrogens is 276 g/mol. The Morgan fingerprint density at radius 1 is 1.18 bits per heavy atom. The molecular formula is C18H18N2O2. The fourth-order valence-corrected chi connectivity index (χ4v) is 2.81. The number of ether oxygens (including phenoxy) is 1. The second kappa shape index (κ2) is 5.56. The monoisotopic (exact) mass is 294 g/mol. The molecule has 0 bridgehead atoms. The van der Waals surface area contributed by atoms with Crippen molar-refractivity contribution in [1.82, 2.24) is 4.57 Å². The summed E-state index contributed by atoms with van der Waals surface area (Å²) < 4.78 is 7.27. The number of fused-ring (bicyclic) bond motifs is 1. The zero-order valence-electron chi connectivity index (χ0n) is 12.7. The third-order valence-corrected chi connectivity index (χ3v) is 3.75. The summed E-state index contributed by atoms with van der Waals surface area (Å²) in [5, 5.41) is 0.819. The molecule has 0 saturated heterocycles. The largest absolute Gasteiger partial charge is 0.462 e. The van der Waals surface area contributed by atoms with Gasteiger partial charge in [-0.3, -0.25) is 0 Å². The standard InChI is InChI=1S/C18H18N2O2/c1-3-22-18(21)16-14-11-13(19)9-10-15(14)20(2)17(16)12-7-5-4-6-8-12/h4-11H,3,19H2,1-2H3. The molecule has 1 heterocycles. The molecule has 22 heavy (non-hydrogen) atoms. The molecule has 112 valence electrons. The van der Waals surface area contributed by atoms with Gasteiger partial charge < -0.3 is 15.0 Å². The fourth-order valence-electron chi connectivity index (χ4n) is 2.81. The van der Waals surface area contributed by atoms with Crippen molar-refractivity contribution >= 4 is 22.6 Å². The second-order valence-corrected chi connectivity index (χ2v) is 5.15. The Kier molecular flexibility index (Phi) is 3.59. The minimum atomic E-state index is -0.322. The number of hydrogen-bond donors (Lipinski definition) is 1. The first-order valence-corrected chi connectivity index (χ1v) is 7.24. The molecule has 4 nitrogen and oxygen atoms in total. The number of aryl methyl sites for hydroxylation is 1. The Morgan fingerprint density at radius 3 is 2.59 bits per heavy atom. The van der Waals surface area contributed by atoms with E-state index in [4.69, 9.17) is 10.5 Å². The summed E-state index contributed by atoms with van der Waals surface area (Å²) in [5.41, 5.74) is 9.88. The second-order valence-electron chi connectivity index (χ2n) is 5.15. The summed E-state index contributed by atoms with van der Waals surface area (Å²) in [5.74, 6) is -0.322. The Balaban J connectivity index is 2.37. The van der Waals surface area contributed by atoms with Gasteiger partial charge in [-0.25, -0.2) is 4.79 Å². The van der Waals surface area contributed by atoms with Crippen molar-refractivity contribution in [1.29, 1.82) is 0 Å². The van der Waals surface area contributed by atoms with Crippen LogP contribution in [0.3, 0.4) is 0 Å². The molecule has 1 aromatic heterocycles. The molecule has 0 aliphatic heterocycles. The summed E-state index contributed by atoms with van der Waals surface area (Å²) in [6, 6.07) is 15.4. The zero-order valence-corrected chi connectivity index (χ0v) is 12.7. The van der Waals surface area contributed by atoms with Crippen LogP contribution in [0, 0.1) is 0 Å². The summed E-state index contributed by atoms with van der Waals surface area (Å²) in [7, 11) is 1.95. The summed E-state index contributed by atoms with van der Waals surface area (Å²) >= 11 is 0. The molecule has 0 amide bonds. The topological polar surface area (TPSA) is 57.2 Å². The zero-order chi connectivity index (χ0) is 15.7. The number of nitrogen functional groups attached to an aromatic ring is 1. The Hall–Kier alpha value is -2.75. The highest BCUT2D eigenvalue weighted by Gasteiger charge is 2.23. The highest BCUT2D eigenvalue weighted by molar-refractivity contribution is 6.11. The number of carbonyl (C=O) groups excluding carboxylic acids is 1. The third-order valence-electron chi connectivity index (χ3n) is 3.75. The number of benzene rings is 2. The summed E-state index contributed by atoms with van der Waals surface area (Å²) in [4.78, 5) is 12.5. The van der Waals surface area contributed by atoms with Crippen molar-refractivity contribution in [2.75, 3.05) is 12.3 Å². The quantitative estimate of drug-likeness (QED) is 0.593. The molecule has 4 heteroatoms. The van der Waals surface area contributed by atoms with Crippen molar-refractivity contribution < 1.29 is 9.53 Å². The molecule has 2 aromatic carbocycles. The van der Waals surface area contributed by atoms with Crippen LogP contribution in [0.15, 0.2) is 48.5 Å². The number of anilines is 1. The number of hydrogen-bond acceptors (Lipinski definition) is 3. The Labute approximate surface area is 129 Å². The van der Waals surface area contributed by atoms with Gasteiger partial charge in [0.25, 0.3) is 0 Å². The van der Waals surface area contributed by atoms with E-state index in [-0.39, 0.29) is 5.97 Å². The molecule has 2 N–H and O–H groups in total. The predicted molar refractivity (Wildman–Crippen MR) is 88.7 cm³/mol. The molecule has 0 aliphatic rings. The molecule has 0 atom stereocenters. The van der Waals surface area contributed by atoms with Crippen LogP contribution in [-0.4, -0.2) is 17.1 Å². The van der Waals surface area contributed by atoms with Gasteiger partial charge in [0.05, 0.1) is 17.9 Å². The van der Waals surface area contributed by atoms with Crippen molar-refractivity contribution in [2.24, 2.45) is 7.05 Å². The van der Waals surface area contributed by atoms with E-state index in [0.717, 1.165) is 22.2 Å². The van der Waals surface area contributed by atoms with E-state index >= 15 is 0 Å². The minimum absolute atomic E-state index is 0.322. The van der Waals surface area contributed by atoms with Crippen LogP contribution in [0.1, 0.15) is 17.3 Å². The summed E-state index contributed by atoms with van der Waals surface area (Å²) in [6.07, 6.45) is 0. The Bertz CT molecular complexity index is 835. The Morgan fingerprint density at radius 2 is 1.91 bits per heavy atom. The minimum Gasteiger partial charge on any atom is -0.462 e. The van der Waals surface area contributed by atoms with Gasteiger partial charge in [-0.15, -0.1) is 0 Å². The van der Waals surface area contributed by atoms with Gasteiger partial charge in [-0.05, 0) is 30.7 Å². The van der Waals surface area contributed by atoms with Crippen molar-refractivity contribution in [3.05, 3.63) is 54.1 Å². The maximum Gasteiger partial charge on any atom is 0.340 e. The maximum absolute atomic E-state index is 12.5. The lowest BCUT2D eigenvalue weighted by Crippen LogP contribution is -2.06. The smallest absolute Gasteiger partial charge is 0.340 e. The average Bonchev–Trinajstić information content (AvgIpc) is 2.80. The van der Waals surface area contributed by atoms with E-state index < -0.39 is 0 Å². The van der Waals surface area contributed by atoms with Gasteiger partial charge in [0, 0.05) is 23.6 Å². The highest BCUT2D eigenvalue weighted by Crippen LogP contribution is 2.34. The molecule has 0 spiro atoms. The number of aromatic nitrogens is 1. The van der Waals surface area contributed by atoms with Crippen molar-refractivity contribution in [3.63, 3.8) is 0 Å². The van der Waals surface area contributed by atoms with Crippen molar-refractivity contribution in [3.8, 4) is 11.3 Å². The first-order chi connectivity index (χ1) is 10.6. The van der Waals surface area contributed by atoms with Gasteiger partial charge in [0.15, 0.2) is 0 Å². The van der Waals surface area contributed by atoms with Gasteiger partial charge in [-0.2, -0.15) is 0 Å². The number of nitrogens with two attached hydrogens (primary N) is 1. The molecule has 3 aromatic rings. The lowest BCUT2D eigenvalue weighted by Gasteiger charge is -2.07. The van der Waals surface area contributed by atoms with Crippen LogP contribution in [0.25, 0.3) is 22.2 Å². The molecule has 3 rings (SSSR count). The number of carbonyl (C=O) groups is 1. The number of rotatable bonds is 3. The van der Waals surface area contributed by atoms with Crippen LogP contribution >= 0.6 is 0 Å². The fraction of sp³-hybridized carbons (Fsp3) is 0.167. The van der Waals surface area contributed by atoms with E-state index in [1.165, 1.54) is 0 Å². The van der Waals surface area contributed by atoms with E-state index in [1.54, 1.807) is 6.92 Å². The van der Waals surface area contributed by atoms with Gasteiger partial charge in [0.1, 0.15) is 0 Å². The van der Waals surface area contributed by atoms with Gasteiger partial charge >= 0.3 is 5.97 Å². The van der Waals surface area contributed by atoms with Gasteiger partial charge in [-0.1, -0.05) is 30.3 Å². The highest BCUT2D eigenvalue weighted by atomic mass is 16.5.